The van der Waals surface area contributed by atoms with Gasteiger partial charge in [-0.25, -0.2) is 4.79 Å². The number of anilines is 1. The molecule has 0 spiro atoms. The zero-order valence-electron chi connectivity index (χ0n) is 15.6. The maximum Gasteiger partial charge on any atom is 0.338 e. The molecule has 0 saturated carbocycles. The molecule has 1 aliphatic heterocycles. The van der Waals surface area contributed by atoms with Gasteiger partial charge in [0.1, 0.15) is 12.4 Å². The molecule has 1 amide bonds. The Morgan fingerprint density at radius 3 is 2.57 bits per heavy atom. The molecule has 7 heteroatoms. The predicted molar refractivity (Wildman–Crippen MR) is 109 cm³/mol. The number of halogens is 1. The Morgan fingerprint density at radius 2 is 1.93 bits per heavy atom. The zero-order valence-corrected chi connectivity index (χ0v) is 17.2. The maximum absolute atomic E-state index is 12.5. The highest BCUT2D eigenvalue weighted by Crippen LogP contribution is 2.27. The molecule has 1 unspecified atom stereocenters. The van der Waals surface area contributed by atoms with Crippen molar-refractivity contribution in [3.05, 3.63) is 58.1 Å². The van der Waals surface area contributed by atoms with Crippen LogP contribution in [0.4, 0.5) is 5.69 Å². The summed E-state index contributed by atoms with van der Waals surface area (Å²) in [6.07, 6.45) is 2.20. The molecule has 2 aromatic carbocycles. The molecule has 1 heterocycles. The van der Waals surface area contributed by atoms with Gasteiger partial charge in [0.05, 0.1) is 22.7 Å². The topological polar surface area (TPSA) is 73.9 Å². The molecule has 1 saturated heterocycles. The zero-order chi connectivity index (χ0) is 19.9. The lowest BCUT2D eigenvalue weighted by atomic mass is 10.1. The van der Waals surface area contributed by atoms with Gasteiger partial charge in [-0.1, -0.05) is 0 Å². The fourth-order valence-electron chi connectivity index (χ4n) is 2.82. The Balaban J connectivity index is 1.59. The van der Waals surface area contributed by atoms with Crippen molar-refractivity contribution in [2.75, 3.05) is 25.1 Å². The van der Waals surface area contributed by atoms with E-state index in [1.807, 2.05) is 0 Å². The lowest BCUT2D eigenvalue weighted by Gasteiger charge is -2.13. The molecule has 6 nitrogen and oxygen atoms in total. The van der Waals surface area contributed by atoms with E-state index in [2.05, 4.69) is 21.2 Å². The SMILES string of the molecule is CCOC(=O)c1ccc(NC(=O)c2ccc(OCC3CCCO3)c(Br)c2)cc1. The number of esters is 1. The van der Waals surface area contributed by atoms with E-state index in [-0.39, 0.29) is 18.0 Å². The number of hydrogen-bond acceptors (Lipinski definition) is 5. The minimum atomic E-state index is -0.386. The van der Waals surface area contributed by atoms with Crippen LogP contribution < -0.4 is 10.1 Å². The smallest absolute Gasteiger partial charge is 0.338 e. The van der Waals surface area contributed by atoms with Crippen molar-refractivity contribution < 1.29 is 23.8 Å². The fraction of sp³-hybridized carbons (Fsp3) is 0.333. The fourth-order valence-corrected chi connectivity index (χ4v) is 3.32. The summed E-state index contributed by atoms with van der Waals surface area (Å²) in [4.78, 5) is 24.2. The van der Waals surface area contributed by atoms with Gasteiger partial charge in [0.25, 0.3) is 5.91 Å². The number of rotatable bonds is 7. The summed E-state index contributed by atoms with van der Waals surface area (Å²) in [5.41, 5.74) is 1.52. The molecular formula is C21H22BrNO5. The highest BCUT2D eigenvalue weighted by molar-refractivity contribution is 9.10. The van der Waals surface area contributed by atoms with Gasteiger partial charge < -0.3 is 19.5 Å². The monoisotopic (exact) mass is 447 g/mol. The maximum atomic E-state index is 12.5. The van der Waals surface area contributed by atoms with Crippen molar-refractivity contribution in [2.45, 2.75) is 25.9 Å². The van der Waals surface area contributed by atoms with Crippen LogP contribution in [-0.4, -0.2) is 37.8 Å². The first-order valence-corrected chi connectivity index (χ1v) is 9.98. The van der Waals surface area contributed by atoms with Crippen LogP contribution in [0, 0.1) is 0 Å². The Hall–Kier alpha value is -2.38. The third kappa shape index (κ3) is 5.33. The molecule has 2 aromatic rings. The summed E-state index contributed by atoms with van der Waals surface area (Å²) in [6.45, 7) is 3.36. The summed E-state index contributed by atoms with van der Waals surface area (Å²) in [6, 6.07) is 11.7. The van der Waals surface area contributed by atoms with Crippen molar-refractivity contribution in [1.29, 1.82) is 0 Å². The summed E-state index contributed by atoms with van der Waals surface area (Å²) >= 11 is 3.45. The Labute approximate surface area is 172 Å². The number of nitrogens with one attached hydrogen (secondary N) is 1. The number of ether oxygens (including phenoxy) is 3. The number of amides is 1. The van der Waals surface area contributed by atoms with Crippen LogP contribution in [0.25, 0.3) is 0 Å². The molecule has 148 valence electrons. The van der Waals surface area contributed by atoms with Crippen LogP contribution in [0.3, 0.4) is 0 Å². The van der Waals surface area contributed by atoms with Crippen LogP contribution in [-0.2, 0) is 9.47 Å². The minimum Gasteiger partial charge on any atom is -0.490 e. The van der Waals surface area contributed by atoms with E-state index in [0.29, 0.717) is 40.3 Å². The molecule has 3 rings (SSSR count). The highest BCUT2D eigenvalue weighted by Gasteiger charge is 2.17. The van der Waals surface area contributed by atoms with Crippen LogP contribution >= 0.6 is 15.9 Å². The summed E-state index contributed by atoms with van der Waals surface area (Å²) in [5, 5.41) is 2.81. The van der Waals surface area contributed by atoms with Crippen LogP contribution in [0.2, 0.25) is 0 Å². The van der Waals surface area contributed by atoms with Crippen LogP contribution in [0.1, 0.15) is 40.5 Å². The molecule has 0 radical (unpaired) electrons. The Kier molecular flexibility index (Phi) is 7.06. The van der Waals surface area contributed by atoms with Crippen molar-refractivity contribution in [3.63, 3.8) is 0 Å². The molecule has 0 bridgehead atoms. The van der Waals surface area contributed by atoms with E-state index >= 15 is 0 Å². The van der Waals surface area contributed by atoms with E-state index in [4.69, 9.17) is 14.2 Å². The highest BCUT2D eigenvalue weighted by atomic mass is 79.9. The summed E-state index contributed by atoms with van der Waals surface area (Å²) in [7, 11) is 0. The molecule has 28 heavy (non-hydrogen) atoms. The van der Waals surface area contributed by atoms with Gasteiger partial charge in [-0.05, 0) is 78.2 Å². The van der Waals surface area contributed by atoms with Crippen molar-refractivity contribution in [1.82, 2.24) is 0 Å². The molecular weight excluding hydrogens is 426 g/mol. The third-order valence-corrected chi connectivity index (χ3v) is 4.92. The van der Waals surface area contributed by atoms with Crippen molar-refractivity contribution in [2.24, 2.45) is 0 Å². The number of carbonyl (C=O) groups excluding carboxylic acids is 2. The Morgan fingerprint density at radius 1 is 1.18 bits per heavy atom. The van der Waals surface area contributed by atoms with Crippen molar-refractivity contribution in [3.8, 4) is 5.75 Å². The third-order valence-electron chi connectivity index (χ3n) is 4.30. The molecule has 1 N–H and O–H groups in total. The number of carbonyl (C=O) groups is 2. The van der Waals surface area contributed by atoms with Gasteiger partial charge >= 0.3 is 5.97 Å². The first-order chi connectivity index (χ1) is 13.6. The van der Waals surface area contributed by atoms with Crippen molar-refractivity contribution >= 4 is 33.5 Å². The largest absolute Gasteiger partial charge is 0.490 e. The van der Waals surface area contributed by atoms with Gasteiger partial charge in [0.15, 0.2) is 0 Å². The number of hydrogen-bond donors (Lipinski definition) is 1. The predicted octanol–water partition coefficient (Wildman–Crippen LogP) is 4.44. The molecule has 0 aliphatic carbocycles. The van der Waals surface area contributed by atoms with Crippen LogP contribution in [0.15, 0.2) is 46.9 Å². The molecule has 1 aliphatic rings. The second kappa shape index (κ2) is 9.71. The standard InChI is InChI=1S/C21H22BrNO5/c1-2-26-21(25)14-5-8-16(9-6-14)23-20(24)15-7-10-19(18(22)12-15)28-13-17-4-3-11-27-17/h5-10,12,17H,2-4,11,13H2,1H3,(H,23,24). The van der Waals surface area contributed by atoms with Gasteiger partial charge in [-0.3, -0.25) is 4.79 Å². The van der Waals surface area contributed by atoms with Crippen LogP contribution in [0.5, 0.6) is 5.75 Å². The summed E-state index contributed by atoms with van der Waals surface area (Å²) in [5.74, 6) is 0.0315. The van der Waals surface area contributed by atoms with E-state index in [1.54, 1.807) is 49.4 Å². The second-order valence-corrected chi connectivity index (χ2v) is 7.20. The van der Waals surface area contributed by atoms with Gasteiger partial charge in [0.2, 0.25) is 0 Å². The molecule has 1 atom stereocenters. The van der Waals surface area contributed by atoms with Gasteiger partial charge in [-0.2, -0.15) is 0 Å². The van der Waals surface area contributed by atoms with E-state index in [9.17, 15) is 9.59 Å². The molecule has 0 aromatic heterocycles. The lowest BCUT2D eigenvalue weighted by Crippen LogP contribution is -2.16. The first kappa shape index (κ1) is 20.4. The summed E-state index contributed by atoms with van der Waals surface area (Å²) < 4.78 is 17.0. The van der Waals surface area contributed by atoms with E-state index < -0.39 is 0 Å². The van der Waals surface area contributed by atoms with Gasteiger partial charge in [0, 0.05) is 17.9 Å². The average Bonchev–Trinajstić information content (AvgIpc) is 3.21. The van der Waals surface area contributed by atoms with Gasteiger partial charge in [-0.15, -0.1) is 0 Å². The van der Waals surface area contributed by atoms with E-state index in [1.165, 1.54) is 0 Å². The normalized spacial score (nSPS) is 15.9. The quantitative estimate of drug-likeness (QED) is 0.635. The van der Waals surface area contributed by atoms with E-state index in [0.717, 1.165) is 19.4 Å². The first-order valence-electron chi connectivity index (χ1n) is 9.19. The Bertz CT molecular complexity index is 831. The average molecular weight is 448 g/mol. The molecule has 1 fully saturated rings. The lowest BCUT2D eigenvalue weighted by molar-refractivity contribution is 0.0526. The number of benzene rings is 2. The second-order valence-electron chi connectivity index (χ2n) is 6.34. The minimum absolute atomic E-state index is 0.132.